The molecule has 1 aliphatic heterocycles. The van der Waals surface area contributed by atoms with Crippen molar-refractivity contribution >= 4 is 17.6 Å². The van der Waals surface area contributed by atoms with E-state index in [0.717, 1.165) is 6.42 Å². The Hall–Kier alpha value is -3.75. The van der Waals surface area contributed by atoms with Crippen LogP contribution in [0.4, 0.5) is 4.39 Å². The maximum Gasteiger partial charge on any atom is 0.285 e. The Labute approximate surface area is 178 Å². The maximum absolute atomic E-state index is 13.3. The van der Waals surface area contributed by atoms with Gasteiger partial charge in [0.15, 0.2) is 5.66 Å². The molecule has 5 N–H and O–H groups in total. The molecule has 8 nitrogen and oxygen atoms in total. The normalized spacial score (nSPS) is 18.7. The molecule has 0 radical (unpaired) electrons. The van der Waals surface area contributed by atoms with E-state index in [9.17, 15) is 18.8 Å². The van der Waals surface area contributed by atoms with Crippen LogP contribution < -0.4 is 16.8 Å². The first-order chi connectivity index (χ1) is 14.8. The van der Waals surface area contributed by atoms with Crippen molar-refractivity contribution < 1.29 is 18.8 Å². The number of benzene rings is 1. The fraction of sp³-hybridized carbons (Fsp3) is 0.273. The first kappa shape index (κ1) is 21.9. The SMILES string of the molecule is CCCCC(C(=O)C(N)=O)C1(n2cnc(-c3ccc(F)cc3)c2)NC=CC=C1C(N)=O. The van der Waals surface area contributed by atoms with E-state index in [-0.39, 0.29) is 17.8 Å². The molecular weight excluding hydrogens is 401 g/mol. The molecule has 9 heteroatoms. The molecule has 2 atom stereocenters. The molecule has 0 saturated carbocycles. The zero-order valence-corrected chi connectivity index (χ0v) is 17.0. The van der Waals surface area contributed by atoms with E-state index in [0.29, 0.717) is 17.7 Å². The topological polar surface area (TPSA) is 133 Å². The van der Waals surface area contributed by atoms with Crippen LogP contribution in [0.5, 0.6) is 0 Å². The maximum atomic E-state index is 13.3. The Morgan fingerprint density at radius 2 is 1.94 bits per heavy atom. The van der Waals surface area contributed by atoms with E-state index in [1.165, 1.54) is 24.5 Å². The molecule has 2 unspecified atom stereocenters. The van der Waals surface area contributed by atoms with Gasteiger partial charge in [0, 0.05) is 11.8 Å². The number of dihydropyridines is 1. The molecule has 0 saturated heterocycles. The summed E-state index contributed by atoms with van der Waals surface area (Å²) in [7, 11) is 0. The third-order valence-corrected chi connectivity index (χ3v) is 5.38. The van der Waals surface area contributed by atoms with E-state index in [1.807, 2.05) is 6.92 Å². The van der Waals surface area contributed by atoms with Gasteiger partial charge in [-0.25, -0.2) is 9.37 Å². The molecule has 0 spiro atoms. The highest BCUT2D eigenvalue weighted by atomic mass is 19.1. The van der Waals surface area contributed by atoms with E-state index in [1.54, 1.807) is 35.2 Å². The number of halogens is 1. The van der Waals surface area contributed by atoms with Crippen molar-refractivity contribution in [2.45, 2.75) is 31.8 Å². The Morgan fingerprint density at radius 1 is 1.23 bits per heavy atom. The van der Waals surface area contributed by atoms with Crippen LogP contribution >= 0.6 is 0 Å². The van der Waals surface area contributed by atoms with E-state index in [2.05, 4.69) is 10.3 Å². The van der Waals surface area contributed by atoms with Gasteiger partial charge in [-0.2, -0.15) is 0 Å². The molecule has 2 aromatic rings. The zero-order chi connectivity index (χ0) is 22.6. The average Bonchev–Trinajstić information content (AvgIpc) is 3.25. The predicted octanol–water partition coefficient (Wildman–Crippen LogP) is 1.73. The molecule has 1 aliphatic rings. The Kier molecular flexibility index (Phi) is 6.33. The summed E-state index contributed by atoms with van der Waals surface area (Å²) in [6.45, 7) is 1.95. The lowest BCUT2D eigenvalue weighted by Crippen LogP contribution is -2.59. The minimum absolute atomic E-state index is 0.0914. The van der Waals surface area contributed by atoms with Crippen molar-refractivity contribution in [3.05, 3.63) is 66.5 Å². The Balaban J connectivity index is 2.19. The number of nitrogens with two attached hydrogens (primary N) is 2. The number of carbonyl (C=O) groups is 3. The Morgan fingerprint density at radius 3 is 2.55 bits per heavy atom. The zero-order valence-electron chi connectivity index (χ0n) is 17.0. The number of nitrogens with one attached hydrogen (secondary N) is 1. The molecule has 1 aromatic heterocycles. The highest BCUT2D eigenvalue weighted by Crippen LogP contribution is 2.38. The summed E-state index contributed by atoms with van der Waals surface area (Å²) < 4.78 is 14.9. The van der Waals surface area contributed by atoms with Gasteiger partial charge >= 0.3 is 0 Å². The van der Waals surface area contributed by atoms with Crippen LogP contribution in [-0.2, 0) is 20.0 Å². The van der Waals surface area contributed by atoms with Gasteiger partial charge in [0.05, 0.1) is 23.5 Å². The van der Waals surface area contributed by atoms with Crippen LogP contribution in [0, 0.1) is 11.7 Å². The summed E-state index contributed by atoms with van der Waals surface area (Å²) in [5, 5.41) is 3.08. The van der Waals surface area contributed by atoms with E-state index in [4.69, 9.17) is 11.5 Å². The second-order valence-corrected chi connectivity index (χ2v) is 7.31. The number of aromatic nitrogens is 2. The van der Waals surface area contributed by atoms with Crippen molar-refractivity contribution in [2.75, 3.05) is 0 Å². The highest BCUT2D eigenvalue weighted by Gasteiger charge is 2.50. The van der Waals surface area contributed by atoms with Crippen molar-refractivity contribution in [3.63, 3.8) is 0 Å². The molecule has 162 valence electrons. The van der Waals surface area contributed by atoms with E-state index >= 15 is 0 Å². The van der Waals surface area contributed by atoms with Gasteiger partial charge in [-0.05, 0) is 49.0 Å². The fourth-order valence-corrected chi connectivity index (χ4v) is 3.87. The Bertz CT molecular complexity index is 1060. The summed E-state index contributed by atoms with van der Waals surface area (Å²) in [6, 6.07) is 5.75. The second-order valence-electron chi connectivity index (χ2n) is 7.31. The van der Waals surface area contributed by atoms with Crippen LogP contribution in [0.2, 0.25) is 0 Å². The lowest BCUT2D eigenvalue weighted by atomic mass is 9.77. The van der Waals surface area contributed by atoms with Gasteiger partial charge in [-0.3, -0.25) is 14.4 Å². The molecule has 0 aliphatic carbocycles. The average molecular weight is 425 g/mol. The largest absolute Gasteiger partial charge is 0.366 e. The minimum Gasteiger partial charge on any atom is -0.366 e. The van der Waals surface area contributed by atoms with Crippen LogP contribution in [0.15, 0.2) is 60.7 Å². The third kappa shape index (κ3) is 4.11. The number of hydrogen-bond donors (Lipinski definition) is 3. The standard InChI is InChI=1S/C22H24FN5O3/c1-2-3-5-16(19(29)21(25)31)22(17(20(24)30)6-4-11-27-22)28-12-18(26-13-28)14-7-9-15(23)10-8-14/h4,6-13,16,27H,2-3,5H2,1H3,(H2,24,30)(H2,25,31). The van der Waals surface area contributed by atoms with Crippen LogP contribution in [0.25, 0.3) is 11.3 Å². The molecule has 0 fully saturated rings. The first-order valence-corrected chi connectivity index (χ1v) is 9.90. The molecule has 1 aromatic carbocycles. The highest BCUT2D eigenvalue weighted by molar-refractivity contribution is 6.36. The molecule has 0 bridgehead atoms. The second kappa shape index (κ2) is 8.95. The summed E-state index contributed by atoms with van der Waals surface area (Å²) in [6.07, 6.45) is 9.37. The van der Waals surface area contributed by atoms with Crippen molar-refractivity contribution in [2.24, 2.45) is 17.4 Å². The molecule has 31 heavy (non-hydrogen) atoms. The number of ketones is 1. The summed E-state index contributed by atoms with van der Waals surface area (Å²) >= 11 is 0. The smallest absolute Gasteiger partial charge is 0.285 e. The van der Waals surface area contributed by atoms with Crippen LogP contribution in [0.3, 0.4) is 0 Å². The number of nitrogens with zero attached hydrogens (tertiary/aromatic N) is 2. The number of hydrogen-bond acceptors (Lipinski definition) is 5. The first-order valence-electron chi connectivity index (χ1n) is 9.90. The van der Waals surface area contributed by atoms with Gasteiger partial charge in [-0.15, -0.1) is 0 Å². The number of Topliss-reactive ketones (excluding diaryl/α,β-unsaturated/α-hetero) is 1. The molecule has 2 amide bonds. The fourth-order valence-electron chi connectivity index (χ4n) is 3.87. The monoisotopic (exact) mass is 425 g/mol. The predicted molar refractivity (Wildman–Crippen MR) is 112 cm³/mol. The number of imidazole rings is 1. The lowest BCUT2D eigenvalue weighted by molar-refractivity contribution is -0.141. The number of rotatable bonds is 9. The van der Waals surface area contributed by atoms with Gasteiger partial charge in [-0.1, -0.05) is 19.8 Å². The minimum atomic E-state index is -1.49. The van der Waals surface area contributed by atoms with E-state index < -0.39 is 29.2 Å². The number of amides is 2. The third-order valence-electron chi connectivity index (χ3n) is 5.38. The summed E-state index contributed by atoms with van der Waals surface area (Å²) in [4.78, 5) is 41.6. The van der Waals surface area contributed by atoms with Gasteiger partial charge in [0.25, 0.3) is 5.91 Å². The van der Waals surface area contributed by atoms with Crippen molar-refractivity contribution in [1.82, 2.24) is 14.9 Å². The number of primary amides is 2. The number of carbonyl (C=O) groups excluding carboxylic acids is 3. The molecule has 2 heterocycles. The van der Waals surface area contributed by atoms with Gasteiger partial charge in [0.1, 0.15) is 5.82 Å². The van der Waals surface area contributed by atoms with Gasteiger partial charge < -0.3 is 21.4 Å². The summed E-state index contributed by atoms with van der Waals surface area (Å²) in [5.74, 6) is -4.07. The van der Waals surface area contributed by atoms with Crippen molar-refractivity contribution in [3.8, 4) is 11.3 Å². The quantitative estimate of drug-likeness (QED) is 0.526. The lowest BCUT2D eigenvalue weighted by Gasteiger charge is -2.43. The van der Waals surface area contributed by atoms with Crippen LogP contribution in [-0.4, -0.2) is 27.1 Å². The molecule has 3 rings (SSSR count). The number of allylic oxidation sites excluding steroid dienone is 2. The van der Waals surface area contributed by atoms with Gasteiger partial charge in [0.2, 0.25) is 11.7 Å². The number of unbranched alkanes of at least 4 members (excludes halogenated alkanes) is 1. The van der Waals surface area contributed by atoms with Crippen molar-refractivity contribution in [1.29, 1.82) is 0 Å². The summed E-state index contributed by atoms with van der Waals surface area (Å²) in [5.41, 5.74) is 10.7. The van der Waals surface area contributed by atoms with Crippen LogP contribution in [0.1, 0.15) is 26.2 Å². The molecular formula is C22H24FN5O3.